The quantitative estimate of drug-likeness (QED) is 0.648. The van der Waals surface area contributed by atoms with Gasteiger partial charge in [-0.25, -0.2) is 9.97 Å². The van der Waals surface area contributed by atoms with Crippen LogP contribution in [-0.2, 0) is 11.4 Å². The summed E-state index contributed by atoms with van der Waals surface area (Å²) in [5.74, 6) is 1.19. The van der Waals surface area contributed by atoms with E-state index in [-0.39, 0.29) is 18.3 Å². The largest absolute Gasteiger partial charge is 0.496 e. The lowest BCUT2D eigenvalue weighted by atomic mass is 10.2. The molecule has 2 rings (SSSR count). The number of rotatable bonds is 6. The highest BCUT2D eigenvalue weighted by atomic mass is 35.5. The molecule has 0 amide bonds. The van der Waals surface area contributed by atoms with Crippen molar-refractivity contribution in [1.29, 1.82) is 0 Å². The second-order valence-corrected chi connectivity index (χ2v) is 4.58. The fourth-order valence-electron chi connectivity index (χ4n) is 1.74. The Morgan fingerprint density at radius 2 is 2.14 bits per heavy atom. The van der Waals surface area contributed by atoms with Crippen molar-refractivity contribution in [3.8, 4) is 11.6 Å². The summed E-state index contributed by atoms with van der Waals surface area (Å²) in [5, 5.41) is 4.24. The third-order valence-corrected chi connectivity index (χ3v) is 3.01. The van der Waals surface area contributed by atoms with Gasteiger partial charge >= 0.3 is 0 Å². The van der Waals surface area contributed by atoms with Gasteiger partial charge in [-0.05, 0) is 18.2 Å². The van der Waals surface area contributed by atoms with E-state index in [0.717, 1.165) is 5.56 Å². The third-order valence-electron chi connectivity index (χ3n) is 2.77. The van der Waals surface area contributed by atoms with Gasteiger partial charge in [0.05, 0.1) is 13.3 Å². The molecular formula is C14H15ClN4O3. The first-order valence-corrected chi connectivity index (χ1v) is 6.65. The highest BCUT2D eigenvalue weighted by Gasteiger charge is 2.11. The Morgan fingerprint density at radius 3 is 2.86 bits per heavy atom. The maximum Gasteiger partial charge on any atom is 0.228 e. The molecule has 116 valence electrons. The number of nitrogen functional groups attached to an aromatic ring is 1. The van der Waals surface area contributed by atoms with E-state index >= 15 is 0 Å². The van der Waals surface area contributed by atoms with E-state index in [0.29, 0.717) is 16.3 Å². The average Bonchev–Trinajstić information content (AvgIpc) is 2.52. The average molecular weight is 323 g/mol. The van der Waals surface area contributed by atoms with Crippen LogP contribution in [0.1, 0.15) is 11.1 Å². The Balaban J connectivity index is 2.23. The van der Waals surface area contributed by atoms with Gasteiger partial charge in [-0.3, -0.25) is 0 Å². The molecule has 0 fully saturated rings. The standard InChI is InChI=1S/C14H15ClN4O3/c1-20-12-4-3-10(15)5-9(12)7-22-14-11(6-19-21-2)13(16)17-8-18-14/h3-6,8H,7H2,1-2H3,(H2,16,17,18)/b19-6+. The first kappa shape index (κ1) is 15.8. The Kier molecular flexibility index (Phi) is 5.37. The number of halogens is 1. The molecule has 0 saturated carbocycles. The molecule has 0 aliphatic heterocycles. The first-order chi connectivity index (χ1) is 10.7. The van der Waals surface area contributed by atoms with E-state index in [1.165, 1.54) is 19.7 Å². The molecule has 1 aromatic heterocycles. The van der Waals surface area contributed by atoms with Gasteiger partial charge in [-0.2, -0.15) is 0 Å². The minimum Gasteiger partial charge on any atom is -0.496 e. The molecule has 7 nitrogen and oxygen atoms in total. The van der Waals surface area contributed by atoms with Gasteiger partial charge in [0.1, 0.15) is 37.2 Å². The van der Waals surface area contributed by atoms with Crippen LogP contribution in [0, 0.1) is 0 Å². The fraction of sp³-hybridized carbons (Fsp3) is 0.214. The Labute approximate surface area is 132 Å². The number of nitrogens with two attached hydrogens (primary N) is 1. The zero-order chi connectivity index (χ0) is 15.9. The lowest BCUT2D eigenvalue weighted by Gasteiger charge is -2.11. The van der Waals surface area contributed by atoms with Crippen LogP contribution in [0.3, 0.4) is 0 Å². The molecule has 8 heteroatoms. The summed E-state index contributed by atoms with van der Waals surface area (Å²) in [7, 11) is 3.00. The zero-order valence-electron chi connectivity index (χ0n) is 12.1. The summed E-state index contributed by atoms with van der Waals surface area (Å²) in [5.41, 5.74) is 7.00. The molecule has 22 heavy (non-hydrogen) atoms. The van der Waals surface area contributed by atoms with Gasteiger partial charge in [-0.15, -0.1) is 0 Å². The highest BCUT2D eigenvalue weighted by molar-refractivity contribution is 6.30. The van der Waals surface area contributed by atoms with Crippen molar-refractivity contribution in [3.63, 3.8) is 0 Å². The molecular weight excluding hydrogens is 308 g/mol. The molecule has 1 heterocycles. The summed E-state index contributed by atoms with van der Waals surface area (Å²) in [6.45, 7) is 0.202. The van der Waals surface area contributed by atoms with Crippen LogP contribution < -0.4 is 15.2 Å². The molecule has 0 aliphatic rings. The molecule has 0 saturated heterocycles. The fourth-order valence-corrected chi connectivity index (χ4v) is 1.93. The Bertz CT molecular complexity index is 679. The second kappa shape index (κ2) is 7.46. The number of hydrogen-bond donors (Lipinski definition) is 1. The minimum absolute atomic E-state index is 0.202. The normalized spacial score (nSPS) is 10.7. The highest BCUT2D eigenvalue weighted by Crippen LogP contribution is 2.25. The van der Waals surface area contributed by atoms with Crippen molar-refractivity contribution in [2.24, 2.45) is 5.16 Å². The molecule has 0 atom stereocenters. The molecule has 2 N–H and O–H groups in total. The van der Waals surface area contributed by atoms with E-state index in [2.05, 4.69) is 20.0 Å². The zero-order valence-corrected chi connectivity index (χ0v) is 12.9. The van der Waals surface area contributed by atoms with E-state index in [1.54, 1.807) is 25.3 Å². The summed E-state index contributed by atoms with van der Waals surface area (Å²) in [4.78, 5) is 12.6. The summed E-state index contributed by atoms with van der Waals surface area (Å²) < 4.78 is 10.9. The Hall–Kier alpha value is -2.54. The van der Waals surface area contributed by atoms with E-state index in [1.807, 2.05) is 0 Å². The van der Waals surface area contributed by atoms with Crippen LogP contribution in [0.2, 0.25) is 5.02 Å². The first-order valence-electron chi connectivity index (χ1n) is 6.28. The van der Waals surface area contributed by atoms with Gasteiger partial charge in [0.2, 0.25) is 5.88 Å². The van der Waals surface area contributed by atoms with Crippen molar-refractivity contribution in [3.05, 3.63) is 40.7 Å². The van der Waals surface area contributed by atoms with Crippen molar-refractivity contribution in [2.75, 3.05) is 20.0 Å². The third kappa shape index (κ3) is 3.76. The van der Waals surface area contributed by atoms with Crippen LogP contribution >= 0.6 is 11.6 Å². The van der Waals surface area contributed by atoms with E-state index in [4.69, 9.17) is 26.8 Å². The molecule has 2 aromatic rings. The van der Waals surface area contributed by atoms with Crippen LogP contribution in [0.5, 0.6) is 11.6 Å². The van der Waals surface area contributed by atoms with Crippen molar-refractivity contribution < 1.29 is 14.3 Å². The van der Waals surface area contributed by atoms with E-state index in [9.17, 15) is 0 Å². The lowest BCUT2D eigenvalue weighted by Crippen LogP contribution is -2.06. The summed E-state index contributed by atoms with van der Waals surface area (Å²) >= 11 is 5.99. The van der Waals surface area contributed by atoms with Gasteiger partial charge in [0.15, 0.2) is 0 Å². The topological polar surface area (TPSA) is 91.9 Å². The smallest absolute Gasteiger partial charge is 0.228 e. The number of anilines is 1. The lowest BCUT2D eigenvalue weighted by molar-refractivity contribution is 0.215. The maximum atomic E-state index is 5.99. The van der Waals surface area contributed by atoms with Gasteiger partial charge in [-0.1, -0.05) is 16.8 Å². The molecule has 0 radical (unpaired) electrons. The number of methoxy groups -OCH3 is 1. The monoisotopic (exact) mass is 322 g/mol. The van der Waals surface area contributed by atoms with Gasteiger partial charge in [0, 0.05) is 10.6 Å². The molecule has 0 aliphatic carbocycles. The number of hydrogen-bond acceptors (Lipinski definition) is 7. The van der Waals surface area contributed by atoms with Crippen LogP contribution in [0.4, 0.5) is 5.82 Å². The van der Waals surface area contributed by atoms with Crippen LogP contribution in [0.15, 0.2) is 29.7 Å². The Morgan fingerprint density at radius 1 is 1.32 bits per heavy atom. The van der Waals surface area contributed by atoms with Crippen molar-refractivity contribution >= 4 is 23.6 Å². The molecule has 0 unspecified atom stereocenters. The minimum atomic E-state index is 0.202. The maximum absolute atomic E-state index is 5.99. The summed E-state index contributed by atoms with van der Waals surface area (Å²) in [6.07, 6.45) is 2.70. The molecule has 0 spiro atoms. The molecule has 0 bridgehead atoms. The van der Waals surface area contributed by atoms with Crippen LogP contribution in [-0.4, -0.2) is 30.4 Å². The summed E-state index contributed by atoms with van der Waals surface area (Å²) in [6, 6.07) is 5.26. The van der Waals surface area contributed by atoms with Gasteiger partial charge < -0.3 is 20.0 Å². The second-order valence-electron chi connectivity index (χ2n) is 4.14. The SMILES string of the molecule is CO/N=C/c1c(N)ncnc1OCc1cc(Cl)ccc1OC. The number of ether oxygens (including phenoxy) is 2. The van der Waals surface area contributed by atoms with Crippen molar-refractivity contribution in [1.82, 2.24) is 9.97 Å². The number of benzene rings is 1. The van der Waals surface area contributed by atoms with Crippen LogP contribution in [0.25, 0.3) is 0 Å². The van der Waals surface area contributed by atoms with Gasteiger partial charge in [0.25, 0.3) is 0 Å². The molecule has 1 aromatic carbocycles. The predicted octanol–water partition coefficient (Wildman–Crippen LogP) is 2.28. The number of nitrogens with zero attached hydrogens (tertiary/aromatic N) is 3. The predicted molar refractivity (Wildman–Crippen MR) is 83.4 cm³/mol. The van der Waals surface area contributed by atoms with E-state index < -0.39 is 0 Å². The number of oxime groups is 1. The number of aromatic nitrogens is 2. The van der Waals surface area contributed by atoms with Crippen molar-refractivity contribution in [2.45, 2.75) is 6.61 Å².